The van der Waals surface area contributed by atoms with Crippen LogP contribution in [-0.4, -0.2) is 5.71 Å². The first kappa shape index (κ1) is 9.66. The molecular weight excluding hydrogens is 182 g/mol. The standard InChI is InChI=1S/C14H12N/c1-11-7-5-6-10-13(11)14(15)12-8-3-2-4-9-12/h2-10,15H,1H2. The van der Waals surface area contributed by atoms with E-state index in [9.17, 15) is 0 Å². The average molecular weight is 194 g/mol. The molecule has 0 unspecified atom stereocenters. The first-order chi connectivity index (χ1) is 7.29. The van der Waals surface area contributed by atoms with Crippen LogP contribution >= 0.6 is 0 Å². The van der Waals surface area contributed by atoms with Crippen LogP contribution in [0.3, 0.4) is 0 Å². The monoisotopic (exact) mass is 194 g/mol. The van der Waals surface area contributed by atoms with Crippen LogP contribution in [0.15, 0.2) is 54.6 Å². The zero-order valence-electron chi connectivity index (χ0n) is 8.40. The predicted octanol–water partition coefficient (Wildman–Crippen LogP) is 3.28. The Hall–Kier alpha value is -1.89. The molecule has 15 heavy (non-hydrogen) atoms. The van der Waals surface area contributed by atoms with E-state index in [0.29, 0.717) is 5.71 Å². The summed E-state index contributed by atoms with van der Waals surface area (Å²) < 4.78 is 0. The van der Waals surface area contributed by atoms with Crippen molar-refractivity contribution in [3.8, 4) is 0 Å². The van der Waals surface area contributed by atoms with Crippen molar-refractivity contribution < 1.29 is 0 Å². The Morgan fingerprint density at radius 1 is 0.867 bits per heavy atom. The van der Waals surface area contributed by atoms with Gasteiger partial charge in [0.2, 0.25) is 0 Å². The second-order valence-corrected chi connectivity index (χ2v) is 3.40. The Morgan fingerprint density at radius 2 is 1.47 bits per heavy atom. The molecule has 0 spiro atoms. The first-order valence-electron chi connectivity index (χ1n) is 4.84. The van der Waals surface area contributed by atoms with Gasteiger partial charge >= 0.3 is 0 Å². The summed E-state index contributed by atoms with van der Waals surface area (Å²) in [5.41, 5.74) is 3.24. The van der Waals surface area contributed by atoms with E-state index in [0.717, 1.165) is 16.7 Å². The fourth-order valence-electron chi connectivity index (χ4n) is 1.52. The molecule has 0 aliphatic carbocycles. The highest BCUT2D eigenvalue weighted by atomic mass is 14.4. The second-order valence-electron chi connectivity index (χ2n) is 3.40. The molecule has 0 amide bonds. The lowest BCUT2D eigenvalue weighted by molar-refractivity contribution is 1.44. The van der Waals surface area contributed by atoms with Gasteiger partial charge in [0.05, 0.1) is 5.71 Å². The van der Waals surface area contributed by atoms with Crippen molar-refractivity contribution in [1.82, 2.24) is 0 Å². The lowest BCUT2D eigenvalue weighted by atomic mass is 9.99. The molecule has 0 aromatic heterocycles. The number of benzene rings is 2. The van der Waals surface area contributed by atoms with Crippen LogP contribution in [0.1, 0.15) is 16.7 Å². The Balaban J connectivity index is 2.42. The third-order valence-corrected chi connectivity index (χ3v) is 2.35. The van der Waals surface area contributed by atoms with Gasteiger partial charge in [-0.05, 0) is 12.5 Å². The van der Waals surface area contributed by atoms with Gasteiger partial charge in [0, 0.05) is 11.1 Å². The highest BCUT2D eigenvalue weighted by Gasteiger charge is 2.05. The van der Waals surface area contributed by atoms with Gasteiger partial charge < -0.3 is 0 Å². The summed E-state index contributed by atoms with van der Waals surface area (Å²) in [6.45, 7) is 3.93. The van der Waals surface area contributed by atoms with Crippen LogP contribution < -0.4 is 0 Å². The SMILES string of the molecule is [CH2]c1ccccc1C(=N)c1ccccc1. The Morgan fingerprint density at radius 3 is 2.13 bits per heavy atom. The van der Waals surface area contributed by atoms with E-state index in [4.69, 9.17) is 5.41 Å². The molecule has 2 rings (SSSR count). The number of nitrogens with one attached hydrogen (secondary N) is 1. The normalized spacial score (nSPS) is 9.93. The van der Waals surface area contributed by atoms with Gasteiger partial charge in [0.25, 0.3) is 0 Å². The molecule has 0 aliphatic rings. The lowest BCUT2D eigenvalue weighted by Crippen LogP contribution is -2.02. The maximum Gasteiger partial charge on any atom is 0.0687 e. The minimum absolute atomic E-state index is 0.529. The van der Waals surface area contributed by atoms with E-state index < -0.39 is 0 Å². The summed E-state index contributed by atoms with van der Waals surface area (Å²) in [5, 5.41) is 8.07. The highest BCUT2D eigenvalue weighted by Crippen LogP contribution is 2.13. The van der Waals surface area contributed by atoms with Crippen LogP contribution in [0.4, 0.5) is 0 Å². The second kappa shape index (κ2) is 4.09. The molecule has 1 nitrogen and oxygen atoms in total. The molecular formula is C14H12N. The molecule has 0 aliphatic heterocycles. The zero-order valence-corrected chi connectivity index (χ0v) is 8.40. The van der Waals surface area contributed by atoms with E-state index in [-0.39, 0.29) is 0 Å². The molecule has 0 saturated carbocycles. The van der Waals surface area contributed by atoms with Crippen molar-refractivity contribution in [2.24, 2.45) is 0 Å². The van der Waals surface area contributed by atoms with Crippen LogP contribution in [-0.2, 0) is 0 Å². The van der Waals surface area contributed by atoms with E-state index in [1.807, 2.05) is 54.6 Å². The van der Waals surface area contributed by atoms with Gasteiger partial charge in [-0.3, -0.25) is 5.41 Å². The number of hydrogen-bond donors (Lipinski definition) is 1. The van der Waals surface area contributed by atoms with Crippen LogP contribution in [0.25, 0.3) is 0 Å². The van der Waals surface area contributed by atoms with Crippen molar-refractivity contribution >= 4 is 5.71 Å². The topological polar surface area (TPSA) is 23.9 Å². The highest BCUT2D eigenvalue weighted by molar-refractivity contribution is 6.11. The zero-order chi connectivity index (χ0) is 10.7. The summed E-state index contributed by atoms with van der Waals surface area (Å²) >= 11 is 0. The van der Waals surface area contributed by atoms with Crippen LogP contribution in [0, 0.1) is 12.3 Å². The molecule has 0 heterocycles. The third kappa shape index (κ3) is 1.96. The summed E-state index contributed by atoms with van der Waals surface area (Å²) in [6, 6.07) is 17.4. The summed E-state index contributed by atoms with van der Waals surface area (Å²) in [5.74, 6) is 0. The minimum atomic E-state index is 0.529. The van der Waals surface area contributed by atoms with E-state index in [1.54, 1.807) is 0 Å². The Bertz CT molecular complexity index is 472. The van der Waals surface area contributed by atoms with E-state index in [2.05, 4.69) is 6.92 Å². The molecule has 0 fully saturated rings. The van der Waals surface area contributed by atoms with Crippen molar-refractivity contribution in [2.75, 3.05) is 0 Å². The van der Waals surface area contributed by atoms with Crippen LogP contribution in [0.5, 0.6) is 0 Å². The minimum Gasteiger partial charge on any atom is -0.300 e. The summed E-state index contributed by atoms with van der Waals surface area (Å²) in [7, 11) is 0. The van der Waals surface area contributed by atoms with E-state index >= 15 is 0 Å². The lowest BCUT2D eigenvalue weighted by Gasteiger charge is -2.06. The maximum atomic E-state index is 8.07. The summed E-state index contributed by atoms with van der Waals surface area (Å²) in [4.78, 5) is 0. The van der Waals surface area contributed by atoms with Gasteiger partial charge in [0.1, 0.15) is 0 Å². The largest absolute Gasteiger partial charge is 0.300 e. The first-order valence-corrected chi connectivity index (χ1v) is 4.84. The van der Waals surface area contributed by atoms with Crippen molar-refractivity contribution in [3.63, 3.8) is 0 Å². The van der Waals surface area contributed by atoms with Gasteiger partial charge in [-0.1, -0.05) is 54.6 Å². The quantitative estimate of drug-likeness (QED) is 0.709. The molecule has 1 radical (unpaired) electrons. The van der Waals surface area contributed by atoms with E-state index in [1.165, 1.54) is 0 Å². The maximum absolute atomic E-state index is 8.07. The molecule has 0 bridgehead atoms. The van der Waals surface area contributed by atoms with Crippen LogP contribution in [0.2, 0.25) is 0 Å². The van der Waals surface area contributed by atoms with Gasteiger partial charge in [-0.2, -0.15) is 0 Å². The van der Waals surface area contributed by atoms with Gasteiger partial charge in [-0.15, -0.1) is 0 Å². The molecule has 73 valence electrons. The molecule has 0 atom stereocenters. The fourth-order valence-corrected chi connectivity index (χ4v) is 1.52. The molecule has 2 aromatic rings. The Kier molecular flexibility index (Phi) is 2.64. The Labute approximate surface area is 89.9 Å². The number of rotatable bonds is 2. The molecule has 2 aromatic carbocycles. The molecule has 1 N–H and O–H groups in total. The third-order valence-electron chi connectivity index (χ3n) is 2.35. The summed E-state index contributed by atoms with van der Waals surface area (Å²) in [6.07, 6.45) is 0. The molecule has 1 heteroatoms. The number of hydrogen-bond acceptors (Lipinski definition) is 1. The van der Waals surface area contributed by atoms with Crippen molar-refractivity contribution in [3.05, 3.63) is 78.2 Å². The predicted molar refractivity (Wildman–Crippen MR) is 63.3 cm³/mol. The van der Waals surface area contributed by atoms with Crippen molar-refractivity contribution in [2.45, 2.75) is 0 Å². The van der Waals surface area contributed by atoms with Gasteiger partial charge in [-0.25, -0.2) is 0 Å². The fraction of sp³-hybridized carbons (Fsp3) is 0. The molecule has 0 saturated heterocycles. The smallest absolute Gasteiger partial charge is 0.0687 e. The average Bonchev–Trinajstić information content (AvgIpc) is 2.30. The van der Waals surface area contributed by atoms with Crippen molar-refractivity contribution in [1.29, 1.82) is 5.41 Å². The van der Waals surface area contributed by atoms with Gasteiger partial charge in [0.15, 0.2) is 0 Å².